The number of carbonyl (C=O) groups is 1. The van der Waals surface area contributed by atoms with E-state index in [0.717, 1.165) is 26.8 Å². The van der Waals surface area contributed by atoms with Gasteiger partial charge in [-0.3, -0.25) is 4.79 Å². The Morgan fingerprint density at radius 3 is 2.70 bits per heavy atom. The van der Waals surface area contributed by atoms with Gasteiger partial charge < -0.3 is 15.2 Å². The number of aromatic nitrogens is 2. The predicted molar refractivity (Wildman–Crippen MR) is 93.8 cm³/mol. The van der Waals surface area contributed by atoms with Crippen molar-refractivity contribution in [2.24, 2.45) is 0 Å². The summed E-state index contributed by atoms with van der Waals surface area (Å²) in [6, 6.07) is 15.7. The molecule has 0 saturated heterocycles. The lowest BCUT2D eigenvalue weighted by atomic mass is 10.3. The van der Waals surface area contributed by atoms with Crippen LogP contribution >= 0.6 is 11.8 Å². The minimum absolute atomic E-state index is 0.0346. The van der Waals surface area contributed by atoms with Crippen molar-refractivity contribution in [2.75, 3.05) is 26.0 Å². The molecule has 2 N–H and O–H groups in total. The number of nitrogens with zero attached hydrogens (tertiary/aromatic N) is 2. The molecule has 0 bridgehead atoms. The fourth-order valence-corrected chi connectivity index (χ4v) is 3.11. The third-order valence-electron chi connectivity index (χ3n) is 3.20. The Balaban J connectivity index is 1.81. The lowest BCUT2D eigenvalue weighted by molar-refractivity contribution is -0.116. The largest absolute Gasteiger partial charge is 0.333 e. The van der Waals surface area contributed by atoms with Crippen LogP contribution in [0.1, 0.15) is 0 Å². The number of imidazole rings is 1. The van der Waals surface area contributed by atoms with Gasteiger partial charge in [0.05, 0.1) is 23.3 Å². The van der Waals surface area contributed by atoms with Crippen LogP contribution in [0.3, 0.4) is 0 Å². The molecule has 0 saturated carbocycles. The molecule has 6 heteroatoms. The molecule has 23 heavy (non-hydrogen) atoms. The number of amides is 1. The van der Waals surface area contributed by atoms with Crippen molar-refractivity contribution in [3.05, 3.63) is 48.5 Å². The summed E-state index contributed by atoms with van der Waals surface area (Å²) in [7, 11) is 3.74. The monoisotopic (exact) mass is 326 g/mol. The number of likely N-dealkylation sites (N-methyl/N-ethyl adjacent to an activating group) is 1. The normalized spacial score (nSPS) is 11.1. The molecule has 3 aromatic rings. The molecule has 0 aliphatic carbocycles. The topological polar surface area (TPSA) is 61.0 Å². The molecule has 1 amide bonds. The maximum absolute atomic E-state index is 12.0. The maximum Gasteiger partial charge on any atom is 0.238 e. The highest BCUT2D eigenvalue weighted by atomic mass is 32.2. The Labute approximate surface area is 139 Å². The molecule has 0 fully saturated rings. The summed E-state index contributed by atoms with van der Waals surface area (Å²) in [5.41, 5.74) is 2.73. The van der Waals surface area contributed by atoms with E-state index in [1.807, 2.05) is 67.5 Å². The van der Waals surface area contributed by atoms with Crippen LogP contribution in [-0.2, 0) is 4.79 Å². The van der Waals surface area contributed by atoms with E-state index in [1.165, 1.54) is 11.8 Å². The molecular weight excluding hydrogens is 308 g/mol. The molecule has 1 heterocycles. The van der Waals surface area contributed by atoms with Gasteiger partial charge in [0.15, 0.2) is 5.16 Å². The fraction of sp³-hybridized carbons (Fsp3) is 0.176. The number of H-pyrrole nitrogens is 1. The summed E-state index contributed by atoms with van der Waals surface area (Å²) in [5.74, 6) is -0.0346. The predicted octanol–water partition coefficient (Wildman–Crippen LogP) is 3.21. The lowest BCUT2D eigenvalue weighted by Crippen LogP contribution is -2.27. The maximum atomic E-state index is 12.0. The Hall–Kier alpha value is -2.31. The van der Waals surface area contributed by atoms with E-state index in [4.69, 9.17) is 0 Å². The molecule has 0 aliphatic rings. The van der Waals surface area contributed by atoms with Crippen LogP contribution in [0.25, 0.3) is 11.0 Å². The SMILES string of the molecule is CN(C)CC(=O)Nc1ccccc1Sc1nc2ccccc2[nH]1. The average Bonchev–Trinajstić information content (AvgIpc) is 2.90. The molecule has 0 aliphatic heterocycles. The fourth-order valence-electron chi connectivity index (χ4n) is 2.22. The van der Waals surface area contributed by atoms with Gasteiger partial charge in [0, 0.05) is 4.90 Å². The second-order valence-corrected chi connectivity index (χ2v) is 6.47. The quantitative estimate of drug-likeness (QED) is 0.756. The Morgan fingerprint density at radius 2 is 1.91 bits per heavy atom. The molecule has 0 radical (unpaired) electrons. The number of carbonyl (C=O) groups excluding carboxylic acids is 1. The van der Waals surface area contributed by atoms with Gasteiger partial charge in [0.25, 0.3) is 0 Å². The number of hydrogen-bond acceptors (Lipinski definition) is 4. The van der Waals surface area contributed by atoms with Gasteiger partial charge in [-0.25, -0.2) is 4.98 Å². The van der Waals surface area contributed by atoms with Crippen molar-refractivity contribution >= 4 is 34.4 Å². The minimum Gasteiger partial charge on any atom is -0.333 e. The first-order chi connectivity index (χ1) is 11.1. The summed E-state index contributed by atoms with van der Waals surface area (Å²) >= 11 is 1.51. The van der Waals surface area contributed by atoms with Gasteiger partial charge in [-0.2, -0.15) is 0 Å². The van der Waals surface area contributed by atoms with Crippen molar-refractivity contribution < 1.29 is 4.79 Å². The molecule has 1 aromatic heterocycles. The highest BCUT2D eigenvalue weighted by Gasteiger charge is 2.10. The van der Waals surface area contributed by atoms with Gasteiger partial charge in [-0.05, 0) is 50.1 Å². The Kier molecular flexibility index (Phi) is 4.64. The number of fused-ring (bicyclic) bond motifs is 1. The van der Waals surface area contributed by atoms with Crippen molar-refractivity contribution in [1.82, 2.24) is 14.9 Å². The molecule has 0 atom stereocenters. The van der Waals surface area contributed by atoms with Crippen molar-refractivity contribution in [3.63, 3.8) is 0 Å². The first-order valence-electron chi connectivity index (χ1n) is 7.28. The van der Waals surface area contributed by atoms with Gasteiger partial charge in [-0.1, -0.05) is 24.3 Å². The summed E-state index contributed by atoms with van der Waals surface area (Å²) in [6.07, 6.45) is 0. The lowest BCUT2D eigenvalue weighted by Gasteiger charge is -2.12. The Bertz CT molecular complexity index is 795. The average molecular weight is 326 g/mol. The number of anilines is 1. The highest BCUT2D eigenvalue weighted by Crippen LogP contribution is 2.32. The smallest absolute Gasteiger partial charge is 0.238 e. The number of aromatic amines is 1. The molecule has 118 valence electrons. The summed E-state index contributed by atoms with van der Waals surface area (Å²) in [6.45, 7) is 0.351. The van der Waals surface area contributed by atoms with Crippen molar-refractivity contribution in [1.29, 1.82) is 0 Å². The van der Waals surface area contributed by atoms with E-state index in [0.29, 0.717) is 6.54 Å². The van der Waals surface area contributed by atoms with Crippen LogP contribution in [0.5, 0.6) is 0 Å². The van der Waals surface area contributed by atoms with Crippen LogP contribution in [0.2, 0.25) is 0 Å². The van der Waals surface area contributed by atoms with E-state index in [1.54, 1.807) is 0 Å². The van der Waals surface area contributed by atoms with Gasteiger partial charge >= 0.3 is 0 Å². The van der Waals surface area contributed by atoms with E-state index in [-0.39, 0.29) is 5.91 Å². The number of para-hydroxylation sites is 3. The molecule has 0 unspecified atom stereocenters. The molecule has 5 nitrogen and oxygen atoms in total. The van der Waals surface area contributed by atoms with Crippen LogP contribution in [0.4, 0.5) is 5.69 Å². The van der Waals surface area contributed by atoms with Crippen LogP contribution < -0.4 is 5.32 Å². The van der Waals surface area contributed by atoms with E-state index in [2.05, 4.69) is 15.3 Å². The van der Waals surface area contributed by atoms with Crippen LogP contribution in [-0.4, -0.2) is 41.4 Å². The second-order valence-electron chi connectivity index (χ2n) is 5.44. The van der Waals surface area contributed by atoms with Gasteiger partial charge in [0.2, 0.25) is 5.91 Å². The second kappa shape index (κ2) is 6.85. The Morgan fingerprint density at radius 1 is 1.17 bits per heavy atom. The van der Waals surface area contributed by atoms with Crippen molar-refractivity contribution in [3.8, 4) is 0 Å². The molecule has 0 spiro atoms. The standard InChI is InChI=1S/C17H18N4OS/c1-21(2)11-16(22)18-14-9-5-6-10-15(14)23-17-19-12-7-3-4-8-13(12)20-17/h3-10H,11H2,1-2H3,(H,18,22)(H,19,20). The van der Waals surface area contributed by atoms with E-state index < -0.39 is 0 Å². The number of benzene rings is 2. The molecule has 2 aromatic carbocycles. The first kappa shape index (κ1) is 15.6. The van der Waals surface area contributed by atoms with Crippen LogP contribution in [0, 0.1) is 0 Å². The minimum atomic E-state index is -0.0346. The zero-order valence-electron chi connectivity index (χ0n) is 13.0. The van der Waals surface area contributed by atoms with Crippen molar-refractivity contribution in [2.45, 2.75) is 10.1 Å². The van der Waals surface area contributed by atoms with Crippen LogP contribution in [0.15, 0.2) is 58.6 Å². The number of hydrogen-bond donors (Lipinski definition) is 2. The molecule has 3 rings (SSSR count). The summed E-state index contributed by atoms with van der Waals surface area (Å²) in [5, 5.41) is 3.76. The van der Waals surface area contributed by atoms with Gasteiger partial charge in [-0.15, -0.1) is 0 Å². The summed E-state index contributed by atoms with van der Waals surface area (Å²) < 4.78 is 0. The zero-order valence-corrected chi connectivity index (χ0v) is 13.9. The van der Waals surface area contributed by atoms with E-state index >= 15 is 0 Å². The van der Waals surface area contributed by atoms with E-state index in [9.17, 15) is 4.79 Å². The highest BCUT2D eigenvalue weighted by molar-refractivity contribution is 7.99. The van der Waals surface area contributed by atoms with Gasteiger partial charge in [0.1, 0.15) is 0 Å². The molecular formula is C17H18N4OS. The third kappa shape index (κ3) is 3.91. The number of rotatable bonds is 5. The zero-order chi connectivity index (χ0) is 16.2. The first-order valence-corrected chi connectivity index (χ1v) is 8.09. The summed E-state index contributed by atoms with van der Waals surface area (Å²) in [4.78, 5) is 22.6. The number of nitrogens with one attached hydrogen (secondary N) is 2. The third-order valence-corrected chi connectivity index (χ3v) is 4.16.